The van der Waals surface area contributed by atoms with Crippen molar-refractivity contribution in [2.75, 3.05) is 31.1 Å². The third-order valence-electron chi connectivity index (χ3n) is 5.95. The molecule has 0 bridgehead atoms. The van der Waals surface area contributed by atoms with Crippen molar-refractivity contribution < 1.29 is 5.11 Å². The number of aryl methyl sites for hydroxylation is 1. The average molecular weight is 446 g/mol. The second kappa shape index (κ2) is 8.73. The number of phenolic OH excluding ortho intramolecular Hbond substituents is 1. The lowest BCUT2D eigenvalue weighted by Gasteiger charge is -2.36. The zero-order valence-corrected chi connectivity index (χ0v) is 18.6. The minimum absolute atomic E-state index is 0.162. The van der Waals surface area contributed by atoms with E-state index in [0.29, 0.717) is 16.4 Å². The molecule has 2 aromatic heterocycles. The molecule has 0 unspecified atom stereocenters. The normalized spacial score (nSPS) is 14.8. The Hall–Kier alpha value is -3.22. The summed E-state index contributed by atoms with van der Waals surface area (Å²) in [6, 6.07) is 16.9. The van der Waals surface area contributed by atoms with Gasteiger partial charge in [-0.25, -0.2) is 9.97 Å². The fraction of sp³-hybridized carbons (Fsp3) is 0.240. The topological polar surface area (TPSA) is 65.4 Å². The lowest BCUT2D eigenvalue weighted by molar-refractivity contribution is 0.246. The lowest BCUT2D eigenvalue weighted by atomic mass is 10.1. The lowest BCUT2D eigenvalue weighted by Crippen LogP contribution is -2.46. The van der Waals surface area contributed by atoms with Gasteiger partial charge in [-0.15, -0.1) is 0 Å². The smallest absolute Gasteiger partial charge is 0.165 e. The van der Waals surface area contributed by atoms with Crippen LogP contribution in [0.25, 0.3) is 22.3 Å². The van der Waals surface area contributed by atoms with E-state index in [-0.39, 0.29) is 5.75 Å². The van der Waals surface area contributed by atoms with Crippen molar-refractivity contribution >= 4 is 28.3 Å². The summed E-state index contributed by atoms with van der Waals surface area (Å²) in [5.41, 5.74) is 3.73. The van der Waals surface area contributed by atoms with E-state index < -0.39 is 0 Å². The second-order valence-corrected chi connectivity index (χ2v) is 8.52. The number of fused-ring (bicyclic) bond motifs is 1. The predicted molar refractivity (Wildman–Crippen MR) is 128 cm³/mol. The maximum Gasteiger partial charge on any atom is 0.165 e. The number of hydrogen-bond acceptors (Lipinski definition) is 6. The van der Waals surface area contributed by atoms with Crippen LogP contribution in [0.2, 0.25) is 5.02 Å². The maximum atomic E-state index is 10.4. The van der Waals surface area contributed by atoms with Gasteiger partial charge in [0.15, 0.2) is 5.82 Å². The van der Waals surface area contributed by atoms with Gasteiger partial charge >= 0.3 is 0 Å². The van der Waals surface area contributed by atoms with Crippen LogP contribution in [-0.2, 0) is 6.54 Å². The van der Waals surface area contributed by atoms with Crippen molar-refractivity contribution in [2.24, 2.45) is 0 Å². The number of aromatic nitrogens is 3. The predicted octanol–water partition coefficient (Wildman–Crippen LogP) is 4.68. The standard InChI is InChI=1S/C25H24ClN5O/c1-17-5-4-10-27-22(17)16-30-11-13-31(14-12-30)25-19-9-8-18(26)15-21(19)28-24(29-25)20-6-2-3-7-23(20)32/h2-10,15,32H,11-14,16H2,1H3. The van der Waals surface area contributed by atoms with Gasteiger partial charge in [0.25, 0.3) is 0 Å². The summed E-state index contributed by atoms with van der Waals surface area (Å²) in [4.78, 5) is 18.9. The summed E-state index contributed by atoms with van der Waals surface area (Å²) < 4.78 is 0. The van der Waals surface area contributed by atoms with Crippen LogP contribution in [0, 0.1) is 6.92 Å². The van der Waals surface area contributed by atoms with Crippen LogP contribution in [0.15, 0.2) is 60.8 Å². The molecule has 162 valence electrons. The van der Waals surface area contributed by atoms with E-state index in [2.05, 4.69) is 27.8 Å². The Morgan fingerprint density at radius 1 is 0.969 bits per heavy atom. The highest BCUT2D eigenvalue weighted by Gasteiger charge is 2.22. The molecular weight excluding hydrogens is 422 g/mol. The molecule has 4 aromatic rings. The van der Waals surface area contributed by atoms with Crippen molar-refractivity contribution in [1.29, 1.82) is 0 Å². The van der Waals surface area contributed by atoms with Crippen LogP contribution in [-0.4, -0.2) is 51.1 Å². The Labute approximate surface area is 192 Å². The van der Waals surface area contributed by atoms with Crippen molar-refractivity contribution in [1.82, 2.24) is 19.9 Å². The number of aromatic hydroxyl groups is 1. The first kappa shape index (κ1) is 20.7. The van der Waals surface area contributed by atoms with Crippen molar-refractivity contribution in [3.63, 3.8) is 0 Å². The van der Waals surface area contributed by atoms with Gasteiger partial charge in [0.05, 0.1) is 16.8 Å². The monoisotopic (exact) mass is 445 g/mol. The maximum absolute atomic E-state index is 10.4. The minimum atomic E-state index is 0.162. The molecule has 6 nitrogen and oxygen atoms in total. The van der Waals surface area contributed by atoms with E-state index in [1.54, 1.807) is 12.1 Å². The van der Waals surface area contributed by atoms with Gasteiger partial charge in [-0.2, -0.15) is 0 Å². The highest BCUT2D eigenvalue weighted by Crippen LogP contribution is 2.33. The molecule has 1 saturated heterocycles. The number of para-hydroxylation sites is 1. The minimum Gasteiger partial charge on any atom is -0.507 e. The molecule has 3 heterocycles. The van der Waals surface area contributed by atoms with Crippen LogP contribution in [0.1, 0.15) is 11.3 Å². The average Bonchev–Trinajstić information content (AvgIpc) is 2.80. The molecular formula is C25H24ClN5O. The third-order valence-corrected chi connectivity index (χ3v) is 6.18. The Bertz CT molecular complexity index is 1270. The first-order chi connectivity index (χ1) is 15.6. The van der Waals surface area contributed by atoms with Gasteiger partial charge in [0.1, 0.15) is 11.6 Å². The molecule has 1 N–H and O–H groups in total. The molecule has 0 radical (unpaired) electrons. The number of halogens is 1. The summed E-state index contributed by atoms with van der Waals surface area (Å²) >= 11 is 6.26. The number of nitrogens with zero attached hydrogens (tertiary/aromatic N) is 5. The van der Waals surface area contributed by atoms with E-state index in [4.69, 9.17) is 21.6 Å². The SMILES string of the molecule is Cc1cccnc1CN1CCN(c2nc(-c3ccccc3O)nc3cc(Cl)ccc23)CC1. The Kier molecular flexibility index (Phi) is 5.64. The van der Waals surface area contributed by atoms with Gasteiger partial charge in [-0.1, -0.05) is 29.8 Å². The van der Waals surface area contributed by atoms with Gasteiger partial charge in [-0.3, -0.25) is 9.88 Å². The Morgan fingerprint density at radius 2 is 1.78 bits per heavy atom. The fourth-order valence-corrected chi connectivity index (χ4v) is 4.29. The van der Waals surface area contributed by atoms with Gasteiger partial charge in [0, 0.05) is 49.3 Å². The first-order valence-corrected chi connectivity index (χ1v) is 11.1. The van der Waals surface area contributed by atoms with Crippen LogP contribution in [0.5, 0.6) is 5.75 Å². The van der Waals surface area contributed by atoms with Gasteiger partial charge < -0.3 is 10.0 Å². The molecule has 1 aliphatic rings. The van der Waals surface area contributed by atoms with Gasteiger partial charge in [0.2, 0.25) is 0 Å². The van der Waals surface area contributed by atoms with E-state index >= 15 is 0 Å². The van der Waals surface area contributed by atoms with Crippen molar-refractivity contribution in [3.05, 3.63) is 77.1 Å². The van der Waals surface area contributed by atoms with Gasteiger partial charge in [-0.05, 0) is 48.9 Å². The fourth-order valence-electron chi connectivity index (χ4n) is 4.12. The molecule has 0 saturated carbocycles. The van der Waals surface area contributed by atoms with E-state index in [1.165, 1.54) is 5.56 Å². The van der Waals surface area contributed by atoms with Crippen molar-refractivity contribution in [2.45, 2.75) is 13.5 Å². The molecule has 32 heavy (non-hydrogen) atoms. The number of piperazine rings is 1. The molecule has 7 heteroatoms. The molecule has 0 aliphatic carbocycles. The summed E-state index contributed by atoms with van der Waals surface area (Å²) in [6.07, 6.45) is 1.86. The zero-order valence-electron chi connectivity index (χ0n) is 17.9. The van der Waals surface area contributed by atoms with Crippen LogP contribution in [0.4, 0.5) is 5.82 Å². The molecule has 5 rings (SSSR count). The van der Waals surface area contributed by atoms with E-state index in [0.717, 1.165) is 55.1 Å². The molecule has 0 atom stereocenters. The van der Waals surface area contributed by atoms with E-state index in [1.807, 2.05) is 42.6 Å². The Morgan fingerprint density at radius 3 is 2.56 bits per heavy atom. The van der Waals surface area contributed by atoms with Crippen LogP contribution >= 0.6 is 11.6 Å². The number of anilines is 1. The number of pyridine rings is 1. The van der Waals surface area contributed by atoms with E-state index in [9.17, 15) is 5.11 Å². The molecule has 0 spiro atoms. The highest BCUT2D eigenvalue weighted by molar-refractivity contribution is 6.31. The molecule has 0 amide bonds. The number of rotatable bonds is 4. The molecule has 2 aromatic carbocycles. The Balaban J connectivity index is 1.45. The zero-order chi connectivity index (χ0) is 22.1. The summed E-state index contributed by atoms with van der Waals surface area (Å²) in [5, 5.41) is 11.9. The van der Waals surface area contributed by atoms with Crippen LogP contribution in [0.3, 0.4) is 0 Å². The second-order valence-electron chi connectivity index (χ2n) is 8.08. The highest BCUT2D eigenvalue weighted by atomic mass is 35.5. The number of phenols is 1. The summed E-state index contributed by atoms with van der Waals surface area (Å²) in [7, 11) is 0. The quantitative estimate of drug-likeness (QED) is 0.492. The first-order valence-electron chi connectivity index (χ1n) is 10.7. The third kappa shape index (κ3) is 4.11. The van der Waals surface area contributed by atoms with Crippen molar-refractivity contribution in [3.8, 4) is 17.1 Å². The largest absolute Gasteiger partial charge is 0.507 e. The van der Waals surface area contributed by atoms with Crippen LogP contribution < -0.4 is 4.90 Å². The summed E-state index contributed by atoms with van der Waals surface area (Å²) in [6.45, 7) is 6.49. The number of benzene rings is 2. The molecule has 1 aliphatic heterocycles. The molecule has 1 fully saturated rings. The number of hydrogen-bond donors (Lipinski definition) is 1. The summed E-state index contributed by atoms with van der Waals surface area (Å²) in [5.74, 6) is 1.54.